The predicted molar refractivity (Wildman–Crippen MR) is 58.1 cm³/mol. The lowest BCUT2D eigenvalue weighted by Gasteiger charge is -2.28. The maximum atomic E-state index is 11.8. The van der Waals surface area contributed by atoms with Crippen molar-refractivity contribution in [1.82, 2.24) is 0 Å². The summed E-state index contributed by atoms with van der Waals surface area (Å²) in [5, 5.41) is 0. The summed E-state index contributed by atoms with van der Waals surface area (Å²) >= 11 is 0. The van der Waals surface area contributed by atoms with Gasteiger partial charge in [-0.25, -0.2) is 0 Å². The lowest BCUT2D eigenvalue weighted by Crippen LogP contribution is -2.37. The first-order chi connectivity index (χ1) is 6.87. The fourth-order valence-corrected chi connectivity index (χ4v) is 2.61. The number of carbonyl (C=O) groups excluding carboxylic acids is 1. The van der Waals surface area contributed by atoms with Gasteiger partial charge in [0, 0.05) is 6.04 Å². The van der Waals surface area contributed by atoms with Crippen LogP contribution in [0.25, 0.3) is 0 Å². The molecule has 0 aromatic heterocycles. The normalized spacial score (nSPS) is 39.5. The van der Waals surface area contributed by atoms with Gasteiger partial charge < -0.3 is 10.5 Å². The quantitative estimate of drug-likeness (QED) is 0.672. The van der Waals surface area contributed by atoms with Gasteiger partial charge in [0.05, 0.1) is 5.92 Å². The van der Waals surface area contributed by atoms with Gasteiger partial charge in [-0.05, 0) is 51.9 Å². The SMILES string of the molecule is CC(C)(C)OC(=O)[C@H]1CC2CC2[C@H](N)C1. The third-order valence-electron chi connectivity index (χ3n) is 3.41. The van der Waals surface area contributed by atoms with Crippen LogP contribution in [0, 0.1) is 17.8 Å². The molecule has 2 fully saturated rings. The van der Waals surface area contributed by atoms with Crippen molar-refractivity contribution in [1.29, 1.82) is 0 Å². The van der Waals surface area contributed by atoms with E-state index in [0.29, 0.717) is 11.8 Å². The molecule has 0 spiro atoms. The predicted octanol–water partition coefficient (Wildman–Crippen LogP) is 1.70. The van der Waals surface area contributed by atoms with E-state index in [2.05, 4.69) is 0 Å². The molecule has 15 heavy (non-hydrogen) atoms. The summed E-state index contributed by atoms with van der Waals surface area (Å²) in [5.41, 5.74) is 5.63. The molecule has 2 unspecified atom stereocenters. The van der Waals surface area contributed by atoms with Crippen molar-refractivity contribution in [2.45, 2.75) is 51.7 Å². The van der Waals surface area contributed by atoms with Crippen LogP contribution in [0.1, 0.15) is 40.0 Å². The number of nitrogens with two attached hydrogens (primary N) is 1. The average Bonchev–Trinajstić information content (AvgIpc) is 2.79. The Balaban J connectivity index is 1.90. The molecule has 0 radical (unpaired) electrons. The first kappa shape index (κ1) is 10.9. The van der Waals surface area contributed by atoms with Gasteiger partial charge in [0.25, 0.3) is 0 Å². The molecular formula is C12H21NO2. The molecule has 0 aliphatic heterocycles. The minimum absolute atomic E-state index is 0.0444. The van der Waals surface area contributed by atoms with Gasteiger partial charge in [0.1, 0.15) is 5.60 Å². The van der Waals surface area contributed by atoms with Crippen LogP contribution < -0.4 is 5.73 Å². The Kier molecular flexibility index (Phi) is 2.53. The molecule has 0 aromatic rings. The summed E-state index contributed by atoms with van der Waals surface area (Å²) in [5.74, 6) is 1.39. The molecule has 86 valence electrons. The molecule has 0 heterocycles. The van der Waals surface area contributed by atoms with Crippen molar-refractivity contribution in [2.75, 3.05) is 0 Å². The number of carbonyl (C=O) groups is 1. The fraction of sp³-hybridized carbons (Fsp3) is 0.917. The number of ether oxygens (including phenoxy) is 1. The highest BCUT2D eigenvalue weighted by Crippen LogP contribution is 2.51. The van der Waals surface area contributed by atoms with Crippen LogP contribution in [0.3, 0.4) is 0 Å². The van der Waals surface area contributed by atoms with Crippen molar-refractivity contribution >= 4 is 5.97 Å². The minimum atomic E-state index is -0.373. The smallest absolute Gasteiger partial charge is 0.309 e. The lowest BCUT2D eigenvalue weighted by atomic mass is 9.86. The Bertz CT molecular complexity index is 269. The van der Waals surface area contributed by atoms with Crippen molar-refractivity contribution in [3.63, 3.8) is 0 Å². The maximum absolute atomic E-state index is 11.8. The Hall–Kier alpha value is -0.570. The summed E-state index contributed by atoms with van der Waals surface area (Å²) in [6, 6.07) is 0.223. The first-order valence-electron chi connectivity index (χ1n) is 5.85. The van der Waals surface area contributed by atoms with E-state index in [1.54, 1.807) is 0 Å². The van der Waals surface area contributed by atoms with Gasteiger partial charge in [-0.15, -0.1) is 0 Å². The highest BCUT2D eigenvalue weighted by atomic mass is 16.6. The summed E-state index contributed by atoms with van der Waals surface area (Å²) in [7, 11) is 0. The molecule has 2 aliphatic carbocycles. The zero-order chi connectivity index (χ0) is 11.2. The summed E-state index contributed by atoms with van der Waals surface area (Å²) in [6.45, 7) is 5.73. The van der Waals surface area contributed by atoms with Crippen LogP contribution in [-0.2, 0) is 9.53 Å². The van der Waals surface area contributed by atoms with Gasteiger partial charge >= 0.3 is 5.97 Å². The van der Waals surface area contributed by atoms with Gasteiger partial charge in [0.2, 0.25) is 0 Å². The number of hydrogen-bond acceptors (Lipinski definition) is 3. The first-order valence-corrected chi connectivity index (χ1v) is 5.85. The van der Waals surface area contributed by atoms with Crippen molar-refractivity contribution in [3.8, 4) is 0 Å². The standard InChI is InChI=1S/C12H21NO2/c1-12(2,3)15-11(14)8-4-7-5-9(7)10(13)6-8/h7-10H,4-6,13H2,1-3H3/t7?,8-,9?,10+/m0/s1. The summed E-state index contributed by atoms with van der Waals surface area (Å²) < 4.78 is 5.40. The molecule has 0 aromatic carbocycles. The lowest BCUT2D eigenvalue weighted by molar-refractivity contribution is -0.161. The fourth-order valence-electron chi connectivity index (χ4n) is 2.61. The van der Waals surface area contributed by atoms with Crippen molar-refractivity contribution < 1.29 is 9.53 Å². The third kappa shape index (κ3) is 2.51. The minimum Gasteiger partial charge on any atom is -0.460 e. The molecule has 2 N–H and O–H groups in total. The molecule has 4 atom stereocenters. The molecule has 0 saturated heterocycles. The highest BCUT2D eigenvalue weighted by Gasteiger charge is 2.49. The van der Waals surface area contributed by atoms with Crippen LogP contribution in [-0.4, -0.2) is 17.6 Å². The summed E-state index contributed by atoms with van der Waals surface area (Å²) in [4.78, 5) is 11.8. The topological polar surface area (TPSA) is 52.3 Å². The Morgan fingerprint density at radius 3 is 2.47 bits per heavy atom. The Morgan fingerprint density at radius 1 is 1.27 bits per heavy atom. The van der Waals surface area contributed by atoms with E-state index in [0.717, 1.165) is 12.8 Å². The van der Waals surface area contributed by atoms with Crippen molar-refractivity contribution in [2.24, 2.45) is 23.5 Å². The Labute approximate surface area is 91.4 Å². The van der Waals surface area contributed by atoms with E-state index < -0.39 is 0 Å². The van der Waals surface area contributed by atoms with Crippen LogP contribution in [0.2, 0.25) is 0 Å². The van der Waals surface area contributed by atoms with Crippen molar-refractivity contribution in [3.05, 3.63) is 0 Å². The van der Waals surface area contributed by atoms with Gasteiger partial charge in [-0.3, -0.25) is 4.79 Å². The van der Waals surface area contributed by atoms with E-state index in [1.165, 1.54) is 6.42 Å². The molecule has 0 bridgehead atoms. The molecule has 0 amide bonds. The highest BCUT2D eigenvalue weighted by molar-refractivity contribution is 5.73. The van der Waals surface area contributed by atoms with Crippen LogP contribution in [0.5, 0.6) is 0 Å². The zero-order valence-electron chi connectivity index (χ0n) is 9.82. The molecule has 2 rings (SSSR count). The largest absolute Gasteiger partial charge is 0.460 e. The number of esters is 1. The van der Waals surface area contributed by atoms with Crippen LogP contribution in [0.4, 0.5) is 0 Å². The molecule has 3 nitrogen and oxygen atoms in total. The second-order valence-electron chi connectivity index (χ2n) is 6.03. The number of fused-ring (bicyclic) bond motifs is 1. The monoisotopic (exact) mass is 211 g/mol. The number of hydrogen-bond donors (Lipinski definition) is 1. The second kappa shape index (κ2) is 3.48. The van der Waals surface area contributed by atoms with E-state index in [4.69, 9.17) is 10.5 Å². The molecule has 3 heteroatoms. The summed E-state index contributed by atoms with van der Waals surface area (Å²) in [6.07, 6.45) is 3.03. The van der Waals surface area contributed by atoms with Gasteiger partial charge in [-0.2, -0.15) is 0 Å². The average molecular weight is 211 g/mol. The van der Waals surface area contributed by atoms with E-state index in [1.807, 2.05) is 20.8 Å². The molecular weight excluding hydrogens is 190 g/mol. The maximum Gasteiger partial charge on any atom is 0.309 e. The van der Waals surface area contributed by atoms with Gasteiger partial charge in [-0.1, -0.05) is 0 Å². The van der Waals surface area contributed by atoms with Crippen LogP contribution in [0.15, 0.2) is 0 Å². The molecule has 2 aliphatic rings. The second-order valence-corrected chi connectivity index (χ2v) is 6.03. The van der Waals surface area contributed by atoms with E-state index in [9.17, 15) is 4.79 Å². The number of rotatable bonds is 1. The zero-order valence-corrected chi connectivity index (χ0v) is 9.82. The van der Waals surface area contributed by atoms with Gasteiger partial charge in [0.15, 0.2) is 0 Å². The van der Waals surface area contributed by atoms with E-state index in [-0.39, 0.29) is 23.5 Å². The van der Waals surface area contributed by atoms with Crippen LogP contribution >= 0.6 is 0 Å². The third-order valence-corrected chi connectivity index (χ3v) is 3.41. The van der Waals surface area contributed by atoms with E-state index >= 15 is 0 Å². The molecule has 2 saturated carbocycles. The Morgan fingerprint density at radius 2 is 1.93 bits per heavy atom.